The second-order valence-electron chi connectivity index (χ2n) is 12.7. The molecule has 0 heterocycles. The molecule has 1 aliphatic rings. The van der Waals surface area contributed by atoms with E-state index in [1.165, 1.54) is 32.0 Å². The van der Waals surface area contributed by atoms with Gasteiger partial charge in [0.2, 0.25) is 0 Å². The van der Waals surface area contributed by atoms with Gasteiger partial charge < -0.3 is 37.9 Å². The van der Waals surface area contributed by atoms with Crippen LogP contribution in [-0.4, -0.2) is 31.4 Å². The Morgan fingerprint density at radius 3 is 1.13 bits per heavy atom. The molecule has 0 amide bonds. The van der Waals surface area contributed by atoms with Crippen molar-refractivity contribution < 1.29 is 57.1 Å². The number of benzene rings is 5. The van der Waals surface area contributed by atoms with Crippen LogP contribution >= 0.6 is 0 Å². The van der Waals surface area contributed by atoms with Crippen LogP contribution in [0.25, 0.3) is 0 Å². The SMILES string of the molecule is COc1ccc(Oc2ccc(OC(=O)Oc3ccc(C4(c5ccc(OC(=O)Oc6cc(OC(C)=O)cc(OC(C)=O)c6)cc5)CCCCC4)cc3)cc2)cc1. The molecular weight excluding hydrogens is 708 g/mol. The summed E-state index contributed by atoms with van der Waals surface area (Å²) in [7, 11) is 1.60. The summed E-state index contributed by atoms with van der Waals surface area (Å²) in [5.74, 6) is 1.59. The number of hydrogen-bond acceptors (Lipinski definition) is 12. The van der Waals surface area contributed by atoms with Crippen molar-refractivity contribution in [2.45, 2.75) is 51.4 Å². The quantitative estimate of drug-likeness (QED) is 0.0721. The van der Waals surface area contributed by atoms with E-state index in [1.807, 2.05) is 24.3 Å². The van der Waals surface area contributed by atoms with Crippen LogP contribution in [0.1, 0.15) is 57.1 Å². The summed E-state index contributed by atoms with van der Waals surface area (Å²) in [6.07, 6.45) is 3.06. The molecule has 0 radical (unpaired) electrons. The predicted octanol–water partition coefficient (Wildman–Crippen LogP) is 9.74. The van der Waals surface area contributed by atoms with E-state index < -0.39 is 24.2 Å². The minimum Gasteiger partial charge on any atom is -0.497 e. The maximum atomic E-state index is 12.7. The molecule has 5 aromatic rings. The van der Waals surface area contributed by atoms with E-state index >= 15 is 0 Å². The summed E-state index contributed by atoms with van der Waals surface area (Å²) in [4.78, 5) is 48.3. The summed E-state index contributed by atoms with van der Waals surface area (Å²) < 4.78 is 42.7. The number of esters is 2. The Bertz CT molecular complexity index is 2080. The van der Waals surface area contributed by atoms with Gasteiger partial charge in [0, 0.05) is 37.5 Å². The molecule has 5 aromatic carbocycles. The maximum absolute atomic E-state index is 12.7. The van der Waals surface area contributed by atoms with Gasteiger partial charge in [-0.05, 0) is 96.8 Å². The summed E-state index contributed by atoms with van der Waals surface area (Å²) in [6.45, 7) is 2.42. The molecule has 0 aliphatic heterocycles. The number of hydrogen-bond donors (Lipinski definition) is 0. The Balaban J connectivity index is 1.07. The zero-order valence-electron chi connectivity index (χ0n) is 30.4. The van der Waals surface area contributed by atoms with Gasteiger partial charge in [-0.3, -0.25) is 9.59 Å². The van der Waals surface area contributed by atoms with Crippen LogP contribution in [0.4, 0.5) is 9.59 Å². The maximum Gasteiger partial charge on any atom is 0.519 e. The average molecular weight is 747 g/mol. The van der Waals surface area contributed by atoms with E-state index in [9.17, 15) is 19.2 Å². The van der Waals surface area contributed by atoms with Gasteiger partial charge in [-0.25, -0.2) is 9.59 Å². The first kappa shape index (κ1) is 37.9. The van der Waals surface area contributed by atoms with Crippen molar-refractivity contribution in [1.29, 1.82) is 0 Å². The van der Waals surface area contributed by atoms with Crippen LogP contribution in [0.15, 0.2) is 115 Å². The molecule has 0 bridgehead atoms. The standard InChI is InChI=1S/C43H38O12/c1-28(44)49-38-25-39(50-29(2)45)27-40(26-38)55-42(47)53-36-13-9-31(10-14-36)43(23-5-4-6-24-43)30-7-11-35(12-8-30)52-41(46)54-37-21-19-34(20-22-37)51-33-17-15-32(48-3)16-18-33/h7-22,25-27H,4-6,23-24H2,1-3H3. The minimum atomic E-state index is -1.04. The lowest BCUT2D eigenvalue weighted by atomic mass is 9.65. The van der Waals surface area contributed by atoms with Crippen LogP contribution in [0.2, 0.25) is 0 Å². The highest BCUT2D eigenvalue weighted by molar-refractivity contribution is 5.73. The minimum absolute atomic E-state index is 0.0229. The number of carbonyl (C=O) groups excluding carboxylic acids is 4. The third-order valence-corrected chi connectivity index (χ3v) is 8.82. The van der Waals surface area contributed by atoms with Gasteiger partial charge >= 0.3 is 24.2 Å². The summed E-state index contributed by atoms with van der Waals surface area (Å²) in [5.41, 5.74) is 1.79. The van der Waals surface area contributed by atoms with E-state index in [-0.39, 0.29) is 28.4 Å². The summed E-state index contributed by atoms with van der Waals surface area (Å²) in [5, 5.41) is 0. The monoisotopic (exact) mass is 746 g/mol. The molecule has 0 aromatic heterocycles. The number of rotatable bonds is 11. The largest absolute Gasteiger partial charge is 0.519 e. The van der Waals surface area contributed by atoms with Crippen LogP contribution < -0.4 is 37.9 Å². The first-order chi connectivity index (χ1) is 26.6. The zero-order chi connectivity index (χ0) is 38.8. The predicted molar refractivity (Wildman–Crippen MR) is 199 cm³/mol. The second kappa shape index (κ2) is 17.3. The van der Waals surface area contributed by atoms with Crippen molar-refractivity contribution >= 4 is 24.2 Å². The second-order valence-corrected chi connectivity index (χ2v) is 12.7. The van der Waals surface area contributed by atoms with Gasteiger partial charge in [-0.2, -0.15) is 0 Å². The molecule has 1 fully saturated rings. The van der Waals surface area contributed by atoms with Crippen molar-refractivity contribution in [3.8, 4) is 51.7 Å². The number of carbonyl (C=O) groups is 4. The van der Waals surface area contributed by atoms with E-state index in [0.29, 0.717) is 23.0 Å². The molecule has 0 unspecified atom stereocenters. The summed E-state index contributed by atoms with van der Waals surface area (Å²) >= 11 is 0. The van der Waals surface area contributed by atoms with E-state index in [4.69, 9.17) is 37.9 Å². The third-order valence-electron chi connectivity index (χ3n) is 8.82. The lowest BCUT2D eigenvalue weighted by molar-refractivity contribution is -0.132. The highest BCUT2D eigenvalue weighted by atomic mass is 16.7. The van der Waals surface area contributed by atoms with E-state index in [0.717, 1.165) is 49.0 Å². The number of methoxy groups -OCH3 is 1. The van der Waals surface area contributed by atoms with Gasteiger partial charge in [0.15, 0.2) is 0 Å². The molecular formula is C43H38O12. The highest BCUT2D eigenvalue weighted by Gasteiger charge is 2.36. The van der Waals surface area contributed by atoms with Crippen LogP contribution in [0, 0.1) is 0 Å². The van der Waals surface area contributed by atoms with Gasteiger partial charge in [-0.15, -0.1) is 0 Å². The molecule has 12 nitrogen and oxygen atoms in total. The fourth-order valence-corrected chi connectivity index (χ4v) is 6.42. The topological polar surface area (TPSA) is 142 Å². The zero-order valence-corrected chi connectivity index (χ0v) is 30.4. The van der Waals surface area contributed by atoms with Gasteiger partial charge in [-0.1, -0.05) is 43.5 Å². The Kier molecular flexibility index (Phi) is 12.0. The molecule has 0 saturated heterocycles. The normalized spacial score (nSPS) is 13.1. The molecule has 0 N–H and O–H groups in total. The van der Waals surface area contributed by atoms with Crippen LogP contribution in [-0.2, 0) is 15.0 Å². The lowest BCUT2D eigenvalue weighted by Gasteiger charge is -2.38. The van der Waals surface area contributed by atoms with Crippen molar-refractivity contribution in [2.24, 2.45) is 0 Å². The molecule has 12 heteroatoms. The molecule has 55 heavy (non-hydrogen) atoms. The first-order valence-electron chi connectivity index (χ1n) is 17.5. The average Bonchev–Trinajstić information content (AvgIpc) is 3.16. The van der Waals surface area contributed by atoms with Crippen molar-refractivity contribution in [3.05, 3.63) is 126 Å². The molecule has 1 aliphatic carbocycles. The first-order valence-corrected chi connectivity index (χ1v) is 17.5. The highest BCUT2D eigenvalue weighted by Crippen LogP contribution is 2.45. The fraction of sp³-hybridized carbons (Fsp3) is 0.209. The van der Waals surface area contributed by atoms with Crippen LogP contribution in [0.3, 0.4) is 0 Å². The van der Waals surface area contributed by atoms with Crippen molar-refractivity contribution in [1.82, 2.24) is 0 Å². The molecule has 0 atom stereocenters. The third kappa shape index (κ3) is 10.2. The smallest absolute Gasteiger partial charge is 0.497 e. The molecule has 282 valence electrons. The van der Waals surface area contributed by atoms with Crippen LogP contribution in [0.5, 0.6) is 51.7 Å². The fourth-order valence-electron chi connectivity index (χ4n) is 6.42. The lowest BCUT2D eigenvalue weighted by Crippen LogP contribution is -2.30. The Hall–Kier alpha value is -6.82. The van der Waals surface area contributed by atoms with Gasteiger partial charge in [0.1, 0.15) is 51.7 Å². The molecule has 1 saturated carbocycles. The Morgan fingerprint density at radius 1 is 0.418 bits per heavy atom. The van der Waals surface area contributed by atoms with E-state index in [1.54, 1.807) is 79.9 Å². The number of ether oxygens (including phenoxy) is 8. The molecule has 0 spiro atoms. The van der Waals surface area contributed by atoms with Crippen molar-refractivity contribution in [3.63, 3.8) is 0 Å². The van der Waals surface area contributed by atoms with Crippen molar-refractivity contribution in [2.75, 3.05) is 7.11 Å². The van der Waals surface area contributed by atoms with Gasteiger partial charge in [0.05, 0.1) is 7.11 Å². The van der Waals surface area contributed by atoms with E-state index in [2.05, 4.69) is 0 Å². The van der Waals surface area contributed by atoms with Gasteiger partial charge in [0.25, 0.3) is 0 Å². The summed E-state index contributed by atoms with van der Waals surface area (Å²) in [6, 6.07) is 32.3. The molecule has 6 rings (SSSR count). The Labute approximate surface area is 317 Å². The Morgan fingerprint density at radius 2 is 0.745 bits per heavy atom.